The van der Waals surface area contributed by atoms with Crippen LogP contribution >= 0.6 is 0 Å². The van der Waals surface area contributed by atoms with Gasteiger partial charge in [-0.25, -0.2) is 0 Å². The van der Waals surface area contributed by atoms with Gasteiger partial charge >= 0.3 is 0 Å². The largest absolute Gasteiger partial charge is 0.493 e. The van der Waals surface area contributed by atoms with E-state index in [4.69, 9.17) is 4.74 Å². The van der Waals surface area contributed by atoms with Gasteiger partial charge in [-0.3, -0.25) is 9.78 Å². The molecule has 2 aromatic rings. The highest BCUT2D eigenvalue weighted by molar-refractivity contribution is 5.95. The molecule has 0 N–H and O–H groups in total. The lowest BCUT2D eigenvalue weighted by Gasteiger charge is -2.45. The van der Waals surface area contributed by atoms with Crippen LogP contribution in [0, 0.1) is 5.92 Å². The summed E-state index contributed by atoms with van der Waals surface area (Å²) < 4.78 is 5.58. The molecule has 0 unspecified atom stereocenters. The van der Waals surface area contributed by atoms with Crippen molar-refractivity contribution in [2.75, 3.05) is 13.2 Å². The number of fused-ring (bicyclic) bond motifs is 4. The molecule has 0 atom stereocenters. The van der Waals surface area contributed by atoms with Gasteiger partial charge in [-0.05, 0) is 60.9 Å². The first-order valence-electron chi connectivity index (χ1n) is 9.30. The van der Waals surface area contributed by atoms with Crippen molar-refractivity contribution in [3.8, 4) is 16.9 Å². The lowest BCUT2D eigenvalue weighted by Crippen LogP contribution is -2.50. The molecule has 3 aliphatic heterocycles. The minimum absolute atomic E-state index is 0.147. The molecule has 2 saturated heterocycles. The summed E-state index contributed by atoms with van der Waals surface area (Å²) in [6.45, 7) is 1.68. The van der Waals surface area contributed by atoms with Crippen LogP contribution in [-0.2, 0) is 6.42 Å². The summed E-state index contributed by atoms with van der Waals surface area (Å²) >= 11 is 0. The second kappa shape index (κ2) is 5.87. The number of amides is 1. The maximum atomic E-state index is 13.0. The number of hydrogen-bond donors (Lipinski definition) is 0. The molecule has 6 rings (SSSR count). The molecule has 4 nitrogen and oxygen atoms in total. The van der Waals surface area contributed by atoms with E-state index in [0.717, 1.165) is 49.3 Å². The highest BCUT2D eigenvalue weighted by atomic mass is 16.5. The molecule has 3 fully saturated rings. The quantitative estimate of drug-likeness (QED) is 0.841. The van der Waals surface area contributed by atoms with Gasteiger partial charge in [-0.15, -0.1) is 0 Å². The van der Waals surface area contributed by atoms with Crippen molar-refractivity contribution in [1.82, 2.24) is 9.88 Å². The van der Waals surface area contributed by atoms with E-state index < -0.39 is 0 Å². The molecule has 4 heteroatoms. The average molecular weight is 334 g/mol. The number of benzene rings is 1. The second-order valence-corrected chi connectivity index (χ2v) is 7.52. The van der Waals surface area contributed by atoms with Crippen LogP contribution in [0.1, 0.15) is 41.6 Å². The maximum absolute atomic E-state index is 13.0. The zero-order valence-electron chi connectivity index (χ0n) is 14.3. The fraction of sp³-hybridized carbons (Fsp3) is 0.429. The lowest BCUT2D eigenvalue weighted by molar-refractivity contribution is 0.0333. The Morgan fingerprint density at radius 2 is 1.96 bits per heavy atom. The van der Waals surface area contributed by atoms with Crippen molar-refractivity contribution in [3.63, 3.8) is 0 Å². The zero-order chi connectivity index (χ0) is 16.8. The van der Waals surface area contributed by atoms with Gasteiger partial charge in [0.1, 0.15) is 5.75 Å². The smallest absolute Gasteiger partial charge is 0.255 e. The van der Waals surface area contributed by atoms with Crippen LogP contribution in [0.3, 0.4) is 0 Å². The van der Waals surface area contributed by atoms with Crippen LogP contribution in [0.5, 0.6) is 5.75 Å². The number of nitrogens with zero attached hydrogens (tertiary/aromatic N) is 2. The number of rotatable bonds is 2. The van der Waals surface area contributed by atoms with E-state index in [2.05, 4.69) is 22.0 Å². The van der Waals surface area contributed by atoms with Gasteiger partial charge in [0.05, 0.1) is 12.2 Å². The number of aromatic nitrogens is 1. The highest BCUT2D eigenvalue weighted by Gasteiger charge is 2.36. The van der Waals surface area contributed by atoms with Crippen LogP contribution in [0.25, 0.3) is 11.1 Å². The van der Waals surface area contributed by atoms with Crippen molar-refractivity contribution < 1.29 is 9.53 Å². The predicted octanol–water partition coefficient (Wildman–Crippen LogP) is 3.70. The average Bonchev–Trinajstić information content (AvgIpc) is 3.16. The van der Waals surface area contributed by atoms with E-state index in [1.54, 1.807) is 6.20 Å². The first-order valence-corrected chi connectivity index (χ1v) is 9.30. The van der Waals surface area contributed by atoms with Crippen molar-refractivity contribution >= 4 is 5.91 Å². The van der Waals surface area contributed by atoms with Crippen LogP contribution < -0.4 is 4.74 Å². The molecular weight excluding hydrogens is 312 g/mol. The van der Waals surface area contributed by atoms with Crippen molar-refractivity contribution in [3.05, 3.63) is 47.8 Å². The Hall–Kier alpha value is -2.36. The summed E-state index contributed by atoms with van der Waals surface area (Å²) in [7, 11) is 0. The van der Waals surface area contributed by atoms with E-state index in [0.29, 0.717) is 17.5 Å². The summed E-state index contributed by atoms with van der Waals surface area (Å²) in [4.78, 5) is 19.5. The topological polar surface area (TPSA) is 42.4 Å². The molecule has 4 aliphatic rings. The lowest BCUT2D eigenvalue weighted by atomic mass is 9.79. The summed E-state index contributed by atoms with van der Waals surface area (Å²) in [5.41, 5.74) is 4.05. The molecule has 1 amide bonds. The minimum Gasteiger partial charge on any atom is -0.493 e. The predicted molar refractivity (Wildman–Crippen MR) is 95.7 cm³/mol. The number of piperidine rings is 2. The van der Waals surface area contributed by atoms with Gasteiger partial charge in [0.15, 0.2) is 0 Å². The molecule has 128 valence electrons. The Bertz CT molecular complexity index is 824. The third-order valence-corrected chi connectivity index (χ3v) is 5.98. The first-order chi connectivity index (χ1) is 12.3. The Kier molecular flexibility index (Phi) is 3.51. The molecule has 25 heavy (non-hydrogen) atoms. The minimum atomic E-state index is 0.147. The highest BCUT2D eigenvalue weighted by Crippen LogP contribution is 2.36. The van der Waals surface area contributed by atoms with Gasteiger partial charge in [0.2, 0.25) is 0 Å². The van der Waals surface area contributed by atoms with Crippen LogP contribution in [0.2, 0.25) is 0 Å². The van der Waals surface area contributed by atoms with Gasteiger partial charge < -0.3 is 9.64 Å². The van der Waals surface area contributed by atoms with Crippen molar-refractivity contribution in [2.24, 2.45) is 5.92 Å². The van der Waals surface area contributed by atoms with E-state index in [1.807, 2.05) is 18.3 Å². The zero-order valence-corrected chi connectivity index (χ0v) is 14.3. The molecule has 0 radical (unpaired) electrons. The summed E-state index contributed by atoms with van der Waals surface area (Å²) in [5, 5.41) is 0. The van der Waals surface area contributed by atoms with Crippen molar-refractivity contribution in [2.45, 2.75) is 38.1 Å². The number of carbonyl (C=O) groups excluding carboxylic acids is 1. The van der Waals surface area contributed by atoms with E-state index in [9.17, 15) is 4.79 Å². The molecule has 4 heterocycles. The van der Waals surface area contributed by atoms with Gasteiger partial charge in [-0.1, -0.05) is 6.07 Å². The van der Waals surface area contributed by atoms with Crippen LogP contribution in [-0.4, -0.2) is 35.0 Å². The molecule has 1 aromatic heterocycles. The second-order valence-electron chi connectivity index (χ2n) is 7.52. The normalized spacial score (nSPS) is 24.1. The third-order valence-electron chi connectivity index (χ3n) is 5.98. The number of ether oxygens (including phenoxy) is 1. The van der Waals surface area contributed by atoms with E-state index >= 15 is 0 Å². The van der Waals surface area contributed by atoms with E-state index in [1.165, 1.54) is 18.4 Å². The molecule has 1 aliphatic carbocycles. The summed E-state index contributed by atoms with van der Waals surface area (Å²) in [6.07, 6.45) is 9.39. The van der Waals surface area contributed by atoms with Crippen molar-refractivity contribution in [1.29, 1.82) is 0 Å². The fourth-order valence-electron chi connectivity index (χ4n) is 4.56. The first kappa shape index (κ1) is 14.9. The standard InChI is InChI=1S/C21H22N2O2/c24-21(23-13-14-1-4-19(23)5-2-14)18-10-17(11-22-12-18)15-3-6-20-16(9-15)7-8-25-20/h3,6,9-12,14,19H,1-2,4-5,7-8,13H2. The Morgan fingerprint density at radius 1 is 1.08 bits per heavy atom. The molecule has 2 bridgehead atoms. The summed E-state index contributed by atoms with van der Waals surface area (Å²) in [6, 6.07) is 8.66. The van der Waals surface area contributed by atoms with Gasteiger partial charge in [0, 0.05) is 37.0 Å². The van der Waals surface area contributed by atoms with Crippen LogP contribution in [0.15, 0.2) is 36.7 Å². The number of pyridine rings is 1. The third kappa shape index (κ3) is 2.60. The Labute approximate surface area is 147 Å². The van der Waals surface area contributed by atoms with Crippen LogP contribution in [0.4, 0.5) is 0 Å². The molecular formula is C21H22N2O2. The summed E-state index contributed by atoms with van der Waals surface area (Å²) in [5.74, 6) is 1.82. The molecule has 1 saturated carbocycles. The van der Waals surface area contributed by atoms with E-state index in [-0.39, 0.29) is 5.91 Å². The maximum Gasteiger partial charge on any atom is 0.255 e. The fourth-order valence-corrected chi connectivity index (χ4v) is 4.56. The number of carbonyl (C=O) groups is 1. The Balaban J connectivity index is 1.44. The number of hydrogen-bond acceptors (Lipinski definition) is 3. The molecule has 0 spiro atoms. The monoisotopic (exact) mass is 334 g/mol. The molecule has 1 aromatic carbocycles. The van der Waals surface area contributed by atoms with Gasteiger partial charge in [0.25, 0.3) is 5.91 Å². The van der Waals surface area contributed by atoms with Gasteiger partial charge in [-0.2, -0.15) is 0 Å². The SMILES string of the molecule is O=C(c1cncc(-c2ccc3c(c2)CCO3)c1)N1CC2CCC1CC2. The Morgan fingerprint density at radius 3 is 2.76 bits per heavy atom.